The third-order valence-corrected chi connectivity index (χ3v) is 2.98. The Morgan fingerprint density at radius 3 is 2.41 bits per heavy atom. The van der Waals surface area contributed by atoms with Gasteiger partial charge in [0.2, 0.25) is 18.2 Å². The number of hydrogen-bond donors (Lipinski definition) is 2. The monoisotopic (exact) mass is 332 g/mol. The number of hydrogen-bond acceptors (Lipinski definition) is 3. The van der Waals surface area contributed by atoms with Crippen molar-refractivity contribution in [2.75, 3.05) is 13.1 Å². The summed E-state index contributed by atoms with van der Waals surface area (Å²) >= 11 is 0. The molecule has 0 aromatic heterocycles. The van der Waals surface area contributed by atoms with Crippen LogP contribution in [0.3, 0.4) is 0 Å². The maximum absolute atomic E-state index is 12.2. The second-order valence-corrected chi connectivity index (χ2v) is 4.82. The van der Waals surface area contributed by atoms with Gasteiger partial charge in [-0.3, -0.25) is 9.59 Å². The molecule has 1 rings (SSSR count). The minimum atomic E-state index is -4.62. The Balaban J connectivity index is 2.63. The minimum absolute atomic E-state index is 0.424. The molecule has 0 aromatic carbocycles. The standard InChI is InChI=1S/C11H13F5N2O4/c12-7(13)2-6(10(21)22)17-9(20)5-1-8(19)18(3-5)4-11(14,15)16/h5-7H,1-4H2,(H,17,20)(H,21,22). The zero-order chi connectivity index (χ0) is 17.1. The zero-order valence-corrected chi connectivity index (χ0v) is 11.1. The van der Waals surface area contributed by atoms with Gasteiger partial charge in [-0.25, -0.2) is 13.6 Å². The van der Waals surface area contributed by atoms with Gasteiger partial charge in [0.25, 0.3) is 0 Å². The lowest BCUT2D eigenvalue weighted by molar-refractivity contribution is -0.157. The quantitative estimate of drug-likeness (QED) is 0.698. The summed E-state index contributed by atoms with van der Waals surface area (Å²) in [5, 5.41) is 10.5. The molecule has 1 saturated heterocycles. The van der Waals surface area contributed by atoms with Crippen LogP contribution in [0.1, 0.15) is 12.8 Å². The molecule has 0 aromatic rings. The van der Waals surface area contributed by atoms with Crippen molar-refractivity contribution in [1.82, 2.24) is 10.2 Å². The molecule has 1 heterocycles. The summed E-state index contributed by atoms with van der Waals surface area (Å²) in [4.78, 5) is 34.2. The number of likely N-dealkylation sites (tertiary alicyclic amines) is 1. The first-order chi connectivity index (χ1) is 9.99. The molecule has 0 spiro atoms. The van der Waals surface area contributed by atoms with E-state index in [1.807, 2.05) is 5.32 Å². The van der Waals surface area contributed by atoms with E-state index in [0.29, 0.717) is 4.90 Å². The number of aliphatic carboxylic acids is 1. The highest BCUT2D eigenvalue weighted by molar-refractivity contribution is 5.91. The molecule has 1 aliphatic rings. The van der Waals surface area contributed by atoms with Crippen molar-refractivity contribution in [1.29, 1.82) is 0 Å². The van der Waals surface area contributed by atoms with E-state index in [0.717, 1.165) is 0 Å². The Morgan fingerprint density at radius 2 is 1.95 bits per heavy atom. The summed E-state index contributed by atoms with van der Waals surface area (Å²) in [7, 11) is 0. The highest BCUT2D eigenvalue weighted by atomic mass is 19.4. The third-order valence-electron chi connectivity index (χ3n) is 2.98. The topological polar surface area (TPSA) is 86.7 Å². The smallest absolute Gasteiger partial charge is 0.406 e. The first kappa shape index (κ1) is 18.1. The Kier molecular flexibility index (Phi) is 5.66. The van der Waals surface area contributed by atoms with Crippen LogP contribution in [-0.2, 0) is 14.4 Å². The molecule has 0 bridgehead atoms. The van der Waals surface area contributed by atoms with Crippen molar-refractivity contribution in [2.24, 2.45) is 5.92 Å². The van der Waals surface area contributed by atoms with Crippen molar-refractivity contribution < 1.29 is 41.4 Å². The maximum Gasteiger partial charge on any atom is 0.406 e. The second-order valence-electron chi connectivity index (χ2n) is 4.82. The van der Waals surface area contributed by atoms with Crippen molar-refractivity contribution in [3.05, 3.63) is 0 Å². The number of rotatable bonds is 6. The third kappa shape index (κ3) is 5.45. The maximum atomic E-state index is 12.2. The van der Waals surface area contributed by atoms with E-state index in [9.17, 15) is 36.3 Å². The van der Waals surface area contributed by atoms with Crippen LogP contribution in [0.15, 0.2) is 0 Å². The highest BCUT2D eigenvalue weighted by Crippen LogP contribution is 2.24. The molecular formula is C11H13F5N2O4. The van der Waals surface area contributed by atoms with E-state index in [1.165, 1.54) is 0 Å². The van der Waals surface area contributed by atoms with Crippen LogP contribution in [0.25, 0.3) is 0 Å². The largest absolute Gasteiger partial charge is 0.480 e. The van der Waals surface area contributed by atoms with Crippen LogP contribution in [-0.4, -0.2) is 59.5 Å². The molecular weight excluding hydrogens is 319 g/mol. The molecule has 0 saturated carbocycles. The molecule has 1 fully saturated rings. The summed E-state index contributed by atoms with van der Waals surface area (Å²) in [5.74, 6) is -4.83. The average molecular weight is 332 g/mol. The van der Waals surface area contributed by atoms with Crippen LogP contribution in [0.2, 0.25) is 0 Å². The number of nitrogens with one attached hydrogen (secondary N) is 1. The number of halogens is 5. The molecule has 22 heavy (non-hydrogen) atoms. The fourth-order valence-electron chi connectivity index (χ4n) is 2.01. The van der Waals surface area contributed by atoms with E-state index in [4.69, 9.17) is 5.11 Å². The number of carboxylic acids is 1. The van der Waals surface area contributed by atoms with Gasteiger partial charge in [0.1, 0.15) is 12.6 Å². The Hall–Kier alpha value is -1.94. The number of amides is 2. The molecule has 1 aliphatic heterocycles. The van der Waals surface area contributed by atoms with E-state index >= 15 is 0 Å². The molecule has 0 radical (unpaired) electrons. The Morgan fingerprint density at radius 1 is 1.36 bits per heavy atom. The van der Waals surface area contributed by atoms with Gasteiger partial charge in [-0.15, -0.1) is 0 Å². The Labute approximate surface area is 121 Å². The number of nitrogens with zero attached hydrogens (tertiary/aromatic N) is 1. The van der Waals surface area contributed by atoms with Crippen LogP contribution in [0.5, 0.6) is 0 Å². The molecule has 2 atom stereocenters. The van der Waals surface area contributed by atoms with Crippen molar-refractivity contribution >= 4 is 17.8 Å². The molecule has 0 aliphatic carbocycles. The van der Waals surface area contributed by atoms with Gasteiger partial charge < -0.3 is 15.3 Å². The van der Waals surface area contributed by atoms with E-state index in [1.54, 1.807) is 0 Å². The molecule has 2 unspecified atom stereocenters. The van der Waals surface area contributed by atoms with Crippen molar-refractivity contribution in [3.8, 4) is 0 Å². The molecule has 2 N–H and O–H groups in total. The summed E-state index contributed by atoms with van der Waals surface area (Å²) in [6.07, 6.45) is -9.26. The van der Waals surface area contributed by atoms with Crippen molar-refractivity contribution in [2.45, 2.75) is 31.5 Å². The molecule has 11 heteroatoms. The first-order valence-electron chi connectivity index (χ1n) is 6.15. The lowest BCUT2D eigenvalue weighted by atomic mass is 10.1. The van der Waals surface area contributed by atoms with Gasteiger partial charge in [0, 0.05) is 19.4 Å². The van der Waals surface area contributed by atoms with Crippen LogP contribution in [0.4, 0.5) is 22.0 Å². The van der Waals surface area contributed by atoms with Crippen LogP contribution >= 0.6 is 0 Å². The van der Waals surface area contributed by atoms with Gasteiger partial charge in [-0.05, 0) is 0 Å². The van der Waals surface area contributed by atoms with Gasteiger partial charge >= 0.3 is 12.1 Å². The predicted octanol–water partition coefficient (Wildman–Crippen LogP) is 0.622. The number of carbonyl (C=O) groups excluding carboxylic acids is 2. The van der Waals surface area contributed by atoms with Crippen LogP contribution in [0, 0.1) is 5.92 Å². The lowest BCUT2D eigenvalue weighted by Gasteiger charge is -2.19. The number of alkyl halides is 5. The van der Waals surface area contributed by atoms with E-state index in [-0.39, 0.29) is 0 Å². The highest BCUT2D eigenvalue weighted by Gasteiger charge is 2.41. The molecule has 126 valence electrons. The van der Waals surface area contributed by atoms with Gasteiger partial charge in [0.05, 0.1) is 5.92 Å². The van der Waals surface area contributed by atoms with E-state index < -0.39 is 68.3 Å². The fraction of sp³-hybridized carbons (Fsp3) is 0.727. The summed E-state index contributed by atoms with van der Waals surface area (Å²) < 4.78 is 61.0. The number of carbonyl (C=O) groups is 3. The Bertz CT molecular complexity index is 454. The summed E-state index contributed by atoms with van der Waals surface area (Å²) in [6, 6.07) is -1.86. The van der Waals surface area contributed by atoms with Crippen molar-refractivity contribution in [3.63, 3.8) is 0 Å². The molecule has 6 nitrogen and oxygen atoms in total. The lowest BCUT2D eigenvalue weighted by Crippen LogP contribution is -2.45. The van der Waals surface area contributed by atoms with E-state index in [2.05, 4.69) is 0 Å². The average Bonchev–Trinajstić information content (AvgIpc) is 2.67. The first-order valence-corrected chi connectivity index (χ1v) is 6.15. The summed E-state index contributed by atoms with van der Waals surface area (Å²) in [5.41, 5.74) is 0. The van der Waals surface area contributed by atoms with Gasteiger partial charge in [-0.1, -0.05) is 0 Å². The molecule has 2 amide bonds. The fourth-order valence-corrected chi connectivity index (χ4v) is 2.01. The minimum Gasteiger partial charge on any atom is -0.480 e. The van der Waals surface area contributed by atoms with Gasteiger partial charge in [0.15, 0.2) is 0 Å². The SMILES string of the molecule is O=C(NC(CC(F)F)C(=O)O)C1CC(=O)N(CC(F)(F)F)C1. The second kappa shape index (κ2) is 6.88. The normalized spacial score (nSPS) is 20.4. The predicted molar refractivity (Wildman–Crippen MR) is 60.9 cm³/mol. The number of carboxylic acid groups (broad SMARTS) is 1. The summed E-state index contributed by atoms with van der Waals surface area (Å²) in [6.45, 7) is -2.06. The zero-order valence-electron chi connectivity index (χ0n) is 11.1. The van der Waals surface area contributed by atoms with Gasteiger partial charge in [-0.2, -0.15) is 13.2 Å². The van der Waals surface area contributed by atoms with Crippen LogP contribution < -0.4 is 5.32 Å².